The predicted molar refractivity (Wildman–Crippen MR) is 117 cm³/mol. The van der Waals surface area contributed by atoms with Crippen LogP contribution in [0, 0.1) is 5.41 Å². The first kappa shape index (κ1) is 25.0. The van der Waals surface area contributed by atoms with Gasteiger partial charge in [0.25, 0.3) is 0 Å². The number of aliphatic hydroxyl groups excluding tert-OH is 2. The second-order valence-electron chi connectivity index (χ2n) is 8.40. The maximum absolute atomic E-state index is 12.8. The van der Waals surface area contributed by atoms with Crippen LogP contribution >= 0.6 is 0 Å². The average Bonchev–Trinajstić information content (AvgIpc) is 2.73. The van der Waals surface area contributed by atoms with Gasteiger partial charge in [-0.1, -0.05) is 6.92 Å². The lowest BCUT2D eigenvalue weighted by atomic mass is 9.76. The highest BCUT2D eigenvalue weighted by Crippen LogP contribution is 2.42. The fourth-order valence-corrected chi connectivity index (χ4v) is 3.83. The third kappa shape index (κ3) is 4.35. The van der Waals surface area contributed by atoms with E-state index in [-0.39, 0.29) is 65.2 Å². The molecule has 0 unspecified atom stereocenters. The molecule has 0 aliphatic heterocycles. The summed E-state index contributed by atoms with van der Waals surface area (Å²) in [6.45, 7) is 6.22. The Labute approximate surface area is 186 Å². The smallest absolute Gasteiger partial charge is 0.199 e. The Kier molecular flexibility index (Phi) is 7.38. The van der Waals surface area contributed by atoms with E-state index in [0.29, 0.717) is 6.42 Å². The topological polar surface area (TPSA) is 141 Å². The van der Waals surface area contributed by atoms with Crippen LogP contribution in [0.1, 0.15) is 69.3 Å². The Morgan fingerprint density at radius 1 is 1.03 bits per heavy atom. The molecule has 0 fully saturated rings. The quantitative estimate of drug-likeness (QED) is 0.326. The molecule has 0 amide bonds. The molecule has 0 saturated carbocycles. The van der Waals surface area contributed by atoms with Crippen LogP contribution in [0.25, 0.3) is 0 Å². The van der Waals surface area contributed by atoms with Crippen LogP contribution in [0.15, 0.2) is 28.7 Å². The second-order valence-corrected chi connectivity index (χ2v) is 8.40. The molecule has 174 valence electrons. The lowest BCUT2D eigenvalue weighted by molar-refractivity contribution is -0.120. The summed E-state index contributed by atoms with van der Waals surface area (Å²) in [6, 6.07) is 1.25. The molecule has 0 aromatic heterocycles. The molecule has 32 heavy (non-hydrogen) atoms. The van der Waals surface area contributed by atoms with E-state index in [2.05, 4.69) is 0 Å². The molecule has 1 aliphatic carbocycles. The molecule has 8 heteroatoms. The van der Waals surface area contributed by atoms with Gasteiger partial charge in [0.1, 0.15) is 39.9 Å². The Hall–Kier alpha value is -3.29. The van der Waals surface area contributed by atoms with Gasteiger partial charge in [0, 0.05) is 30.0 Å². The Morgan fingerprint density at radius 2 is 1.66 bits per heavy atom. The number of methoxy groups -OCH3 is 1. The normalized spacial score (nSPS) is 15.8. The van der Waals surface area contributed by atoms with Crippen LogP contribution in [-0.2, 0) is 16.0 Å². The number of phenolic OH excluding ortho intramolecular Hbond substituents is 2. The summed E-state index contributed by atoms with van der Waals surface area (Å²) in [5, 5.41) is 41.4. The number of aliphatic hydroxyl groups is 2. The number of aromatic hydroxyl groups is 2. The molecule has 2 rings (SSSR count). The van der Waals surface area contributed by atoms with Crippen LogP contribution in [0.3, 0.4) is 0 Å². The van der Waals surface area contributed by atoms with E-state index in [1.165, 1.54) is 33.9 Å². The number of Topliss-reactive ketones (excluding diaryl/α,β-unsaturated/α-hetero) is 3. The van der Waals surface area contributed by atoms with Gasteiger partial charge in [-0.05, 0) is 40.0 Å². The summed E-state index contributed by atoms with van der Waals surface area (Å²) in [5.41, 5.74) is -1.52. The molecule has 1 aromatic rings. The van der Waals surface area contributed by atoms with Crippen LogP contribution in [-0.4, -0.2) is 44.9 Å². The van der Waals surface area contributed by atoms with Crippen molar-refractivity contribution in [2.24, 2.45) is 5.41 Å². The minimum absolute atomic E-state index is 0.00748. The molecule has 4 N–H and O–H groups in total. The molecule has 0 heterocycles. The van der Waals surface area contributed by atoms with Crippen molar-refractivity contribution in [2.75, 3.05) is 7.11 Å². The highest BCUT2D eigenvalue weighted by Gasteiger charge is 2.42. The van der Waals surface area contributed by atoms with E-state index in [1.807, 2.05) is 0 Å². The first-order valence-corrected chi connectivity index (χ1v) is 10.5. The van der Waals surface area contributed by atoms with Crippen LogP contribution < -0.4 is 4.74 Å². The van der Waals surface area contributed by atoms with Crippen LogP contribution in [0.2, 0.25) is 0 Å². The number of allylic oxidation sites excluding steroid dienone is 2. The molecule has 0 bridgehead atoms. The van der Waals surface area contributed by atoms with E-state index in [4.69, 9.17) is 4.74 Å². The van der Waals surface area contributed by atoms with Crippen molar-refractivity contribution in [3.63, 3.8) is 0 Å². The molecule has 1 aliphatic rings. The number of benzene rings is 1. The first-order valence-electron chi connectivity index (χ1n) is 10.5. The second kappa shape index (κ2) is 9.46. The number of carbonyl (C=O) groups is 3. The molecule has 8 nitrogen and oxygen atoms in total. The van der Waals surface area contributed by atoms with E-state index in [9.17, 15) is 34.8 Å². The maximum atomic E-state index is 12.8. The van der Waals surface area contributed by atoms with Crippen LogP contribution in [0.5, 0.6) is 17.2 Å². The third-order valence-electron chi connectivity index (χ3n) is 5.77. The van der Waals surface area contributed by atoms with Crippen molar-refractivity contribution in [1.82, 2.24) is 0 Å². The molecule has 1 aromatic carbocycles. The predicted octanol–water partition coefficient (Wildman–Crippen LogP) is 4.23. The van der Waals surface area contributed by atoms with Gasteiger partial charge in [-0.3, -0.25) is 14.4 Å². The maximum Gasteiger partial charge on any atom is 0.199 e. The molecule has 0 saturated heterocycles. The number of hydrogen-bond donors (Lipinski definition) is 4. The van der Waals surface area contributed by atoms with Crippen molar-refractivity contribution in [3.8, 4) is 17.2 Å². The Bertz CT molecular complexity index is 1030. The number of carbonyl (C=O) groups excluding carboxylic acids is 3. The number of hydrogen-bond acceptors (Lipinski definition) is 8. The largest absolute Gasteiger partial charge is 0.511 e. The Balaban J connectivity index is 2.28. The van der Waals surface area contributed by atoms with Gasteiger partial charge in [-0.25, -0.2) is 0 Å². The monoisotopic (exact) mass is 446 g/mol. The van der Waals surface area contributed by atoms with Crippen molar-refractivity contribution in [2.45, 2.75) is 59.8 Å². The summed E-state index contributed by atoms with van der Waals surface area (Å²) in [4.78, 5) is 37.6. The Morgan fingerprint density at radius 3 is 2.22 bits per heavy atom. The lowest BCUT2D eigenvalue weighted by Crippen LogP contribution is -2.32. The minimum Gasteiger partial charge on any atom is -0.511 e. The fourth-order valence-electron chi connectivity index (χ4n) is 3.83. The summed E-state index contributed by atoms with van der Waals surface area (Å²) < 4.78 is 5.21. The van der Waals surface area contributed by atoms with Crippen molar-refractivity contribution in [3.05, 3.63) is 39.9 Å². The van der Waals surface area contributed by atoms with Gasteiger partial charge < -0.3 is 25.2 Å². The number of rotatable bonds is 9. The van der Waals surface area contributed by atoms with E-state index in [0.717, 1.165) is 0 Å². The first-order chi connectivity index (χ1) is 14.9. The number of ether oxygens (including phenoxy) is 1. The molecular formula is C24H30O8. The zero-order valence-corrected chi connectivity index (χ0v) is 19.0. The zero-order valence-electron chi connectivity index (χ0n) is 19.0. The molecule has 0 spiro atoms. The zero-order chi connectivity index (χ0) is 24.4. The molecular weight excluding hydrogens is 416 g/mol. The highest BCUT2D eigenvalue weighted by molar-refractivity contribution is 6.27. The van der Waals surface area contributed by atoms with Gasteiger partial charge in [0.15, 0.2) is 17.3 Å². The third-order valence-corrected chi connectivity index (χ3v) is 5.77. The standard InChI is InChI=1S/C24H30O8/c1-6-8-14(25)18-16(27)11-17(32-5)13(21(18)29)9-7-10-15(26)19-20(28)12(2)22(30)24(3,4)23(19)31/h11,27,29-31H,6-10H2,1-5H3. The summed E-state index contributed by atoms with van der Waals surface area (Å²) in [7, 11) is 1.35. The van der Waals surface area contributed by atoms with Crippen LogP contribution in [0.4, 0.5) is 0 Å². The average molecular weight is 446 g/mol. The van der Waals surface area contributed by atoms with E-state index >= 15 is 0 Å². The fraction of sp³-hybridized carbons (Fsp3) is 0.458. The van der Waals surface area contributed by atoms with Crippen molar-refractivity contribution < 1.29 is 39.5 Å². The summed E-state index contributed by atoms with van der Waals surface area (Å²) in [5.74, 6) is -3.09. The van der Waals surface area contributed by atoms with E-state index < -0.39 is 34.3 Å². The van der Waals surface area contributed by atoms with Crippen molar-refractivity contribution in [1.29, 1.82) is 0 Å². The van der Waals surface area contributed by atoms with E-state index in [1.54, 1.807) is 6.92 Å². The van der Waals surface area contributed by atoms with Gasteiger partial charge in [-0.15, -0.1) is 0 Å². The minimum atomic E-state index is -1.25. The number of ketones is 3. The molecule has 0 atom stereocenters. The number of phenols is 2. The van der Waals surface area contributed by atoms with Gasteiger partial charge in [-0.2, -0.15) is 0 Å². The highest BCUT2D eigenvalue weighted by atomic mass is 16.5. The summed E-state index contributed by atoms with van der Waals surface area (Å²) >= 11 is 0. The van der Waals surface area contributed by atoms with Crippen molar-refractivity contribution >= 4 is 17.3 Å². The lowest BCUT2D eigenvalue weighted by Gasteiger charge is -2.30. The van der Waals surface area contributed by atoms with Gasteiger partial charge >= 0.3 is 0 Å². The summed E-state index contributed by atoms with van der Waals surface area (Å²) in [6.07, 6.45) is 0.862. The SMILES string of the molecule is CCCC(=O)c1c(O)cc(OC)c(CCCC(=O)C2=C(O)C(C)(C)C(O)=C(C)C2=O)c1O. The molecule has 0 radical (unpaired) electrons. The van der Waals surface area contributed by atoms with Gasteiger partial charge in [0.2, 0.25) is 0 Å². The van der Waals surface area contributed by atoms with Gasteiger partial charge in [0.05, 0.1) is 12.5 Å².